The Labute approximate surface area is 159 Å². The molecule has 6 nitrogen and oxygen atoms in total. The summed E-state index contributed by atoms with van der Waals surface area (Å²) in [5.74, 6) is 1.20. The summed E-state index contributed by atoms with van der Waals surface area (Å²) in [7, 11) is 1.58. The topological polar surface area (TPSA) is 67.9 Å². The summed E-state index contributed by atoms with van der Waals surface area (Å²) in [4.78, 5) is 26.5. The first kappa shape index (κ1) is 18.8. The van der Waals surface area contributed by atoms with Crippen molar-refractivity contribution in [2.45, 2.75) is 26.3 Å². The van der Waals surface area contributed by atoms with Crippen LogP contribution < -0.4 is 14.8 Å². The van der Waals surface area contributed by atoms with Crippen molar-refractivity contribution < 1.29 is 19.1 Å². The predicted molar refractivity (Wildman–Crippen MR) is 102 cm³/mol. The SMILES string of the molecule is COc1ccc([C@]2(C)NC(=O)N(CCOc3c(C)cccc3C)C2=O)cc1. The Bertz CT molecular complexity index is 843. The van der Waals surface area contributed by atoms with E-state index in [0.29, 0.717) is 11.3 Å². The molecule has 27 heavy (non-hydrogen) atoms. The lowest BCUT2D eigenvalue weighted by atomic mass is 9.92. The van der Waals surface area contributed by atoms with E-state index in [1.165, 1.54) is 4.90 Å². The van der Waals surface area contributed by atoms with E-state index >= 15 is 0 Å². The van der Waals surface area contributed by atoms with Crippen LogP contribution in [-0.2, 0) is 10.3 Å². The van der Waals surface area contributed by atoms with Gasteiger partial charge in [-0.25, -0.2) is 4.79 Å². The third kappa shape index (κ3) is 3.47. The highest BCUT2D eigenvalue weighted by molar-refractivity contribution is 6.07. The standard InChI is InChI=1S/C21H24N2O4/c1-14-6-5-7-15(2)18(14)27-13-12-23-19(24)21(3,22-20(23)25)16-8-10-17(26-4)11-9-16/h5-11H,12-13H2,1-4H3,(H,22,25)/t21-/m0/s1. The first-order valence-electron chi connectivity index (χ1n) is 8.84. The van der Waals surface area contributed by atoms with Gasteiger partial charge in [0, 0.05) is 0 Å². The van der Waals surface area contributed by atoms with Crippen molar-refractivity contribution >= 4 is 11.9 Å². The van der Waals surface area contributed by atoms with E-state index in [4.69, 9.17) is 9.47 Å². The second-order valence-electron chi connectivity index (χ2n) is 6.81. The molecule has 0 saturated carbocycles. The molecular weight excluding hydrogens is 344 g/mol. The van der Waals surface area contributed by atoms with Crippen LogP contribution in [0.2, 0.25) is 0 Å². The number of benzene rings is 2. The number of hydrogen-bond acceptors (Lipinski definition) is 4. The van der Waals surface area contributed by atoms with Gasteiger partial charge in [-0.15, -0.1) is 0 Å². The molecule has 1 heterocycles. The molecule has 0 unspecified atom stereocenters. The molecular formula is C21H24N2O4. The van der Waals surface area contributed by atoms with Crippen LogP contribution in [0.4, 0.5) is 4.79 Å². The van der Waals surface area contributed by atoms with Crippen molar-refractivity contribution in [1.29, 1.82) is 0 Å². The van der Waals surface area contributed by atoms with Crippen molar-refractivity contribution in [1.82, 2.24) is 10.2 Å². The summed E-state index contributed by atoms with van der Waals surface area (Å²) >= 11 is 0. The zero-order valence-electron chi connectivity index (χ0n) is 16.0. The van der Waals surface area contributed by atoms with Gasteiger partial charge in [0.2, 0.25) is 0 Å². The highest BCUT2D eigenvalue weighted by atomic mass is 16.5. The van der Waals surface area contributed by atoms with Crippen molar-refractivity contribution in [2.24, 2.45) is 0 Å². The van der Waals surface area contributed by atoms with Crippen LogP contribution in [0, 0.1) is 13.8 Å². The molecule has 1 aliphatic rings. The Balaban J connectivity index is 1.70. The lowest BCUT2D eigenvalue weighted by molar-refractivity contribution is -0.131. The summed E-state index contributed by atoms with van der Waals surface area (Å²) in [6.07, 6.45) is 0. The lowest BCUT2D eigenvalue weighted by Crippen LogP contribution is -2.41. The second kappa shape index (κ2) is 7.31. The molecule has 3 rings (SSSR count). The van der Waals surface area contributed by atoms with E-state index in [2.05, 4.69) is 5.32 Å². The van der Waals surface area contributed by atoms with Gasteiger partial charge in [0.25, 0.3) is 5.91 Å². The Kier molecular flexibility index (Phi) is 5.08. The Hall–Kier alpha value is -3.02. The molecule has 1 saturated heterocycles. The molecule has 1 N–H and O–H groups in total. The third-order valence-corrected chi connectivity index (χ3v) is 4.91. The van der Waals surface area contributed by atoms with Crippen LogP contribution in [0.5, 0.6) is 11.5 Å². The number of aryl methyl sites for hydroxylation is 2. The number of ether oxygens (including phenoxy) is 2. The number of para-hydroxylation sites is 1. The van der Waals surface area contributed by atoms with Crippen molar-refractivity contribution in [3.8, 4) is 11.5 Å². The average Bonchev–Trinajstić information content (AvgIpc) is 2.88. The number of urea groups is 1. The van der Waals surface area contributed by atoms with Crippen molar-refractivity contribution in [3.63, 3.8) is 0 Å². The van der Waals surface area contributed by atoms with E-state index < -0.39 is 11.6 Å². The van der Waals surface area contributed by atoms with Crippen LogP contribution in [0.1, 0.15) is 23.6 Å². The van der Waals surface area contributed by atoms with Crippen molar-refractivity contribution in [2.75, 3.05) is 20.3 Å². The zero-order valence-corrected chi connectivity index (χ0v) is 16.0. The van der Waals surface area contributed by atoms with Gasteiger partial charge in [-0.05, 0) is 49.6 Å². The maximum atomic E-state index is 12.9. The average molecular weight is 368 g/mol. The number of nitrogens with zero attached hydrogens (tertiary/aromatic N) is 1. The summed E-state index contributed by atoms with van der Waals surface area (Å²) in [5.41, 5.74) is 1.66. The van der Waals surface area contributed by atoms with Gasteiger partial charge in [0.05, 0.1) is 13.7 Å². The molecule has 0 bridgehead atoms. The van der Waals surface area contributed by atoms with Crippen LogP contribution >= 0.6 is 0 Å². The zero-order chi connectivity index (χ0) is 19.6. The summed E-state index contributed by atoms with van der Waals surface area (Å²) in [5, 5.41) is 2.80. The molecule has 1 fully saturated rings. The minimum atomic E-state index is -1.10. The Morgan fingerprint density at radius 1 is 1.04 bits per heavy atom. The first-order chi connectivity index (χ1) is 12.9. The lowest BCUT2D eigenvalue weighted by Gasteiger charge is -2.22. The molecule has 2 aromatic rings. The van der Waals surface area contributed by atoms with Crippen LogP contribution in [0.3, 0.4) is 0 Å². The van der Waals surface area contributed by atoms with E-state index in [1.54, 1.807) is 38.3 Å². The fourth-order valence-electron chi connectivity index (χ4n) is 3.29. The van der Waals surface area contributed by atoms with Gasteiger partial charge in [0.15, 0.2) is 0 Å². The van der Waals surface area contributed by atoms with Crippen molar-refractivity contribution in [3.05, 3.63) is 59.2 Å². The summed E-state index contributed by atoms with van der Waals surface area (Å²) in [6.45, 7) is 6.07. The monoisotopic (exact) mass is 368 g/mol. The van der Waals surface area contributed by atoms with Gasteiger partial charge >= 0.3 is 6.03 Å². The number of carbonyl (C=O) groups excluding carboxylic acids is 2. The minimum absolute atomic E-state index is 0.185. The van der Waals surface area contributed by atoms with Gasteiger partial charge in [-0.3, -0.25) is 9.69 Å². The molecule has 142 valence electrons. The van der Waals surface area contributed by atoms with E-state index in [-0.39, 0.29) is 19.1 Å². The summed E-state index contributed by atoms with van der Waals surface area (Å²) < 4.78 is 11.0. The first-order valence-corrected chi connectivity index (χ1v) is 8.84. The Morgan fingerprint density at radius 2 is 1.67 bits per heavy atom. The van der Waals surface area contributed by atoms with Gasteiger partial charge in [0.1, 0.15) is 23.6 Å². The largest absolute Gasteiger partial charge is 0.497 e. The minimum Gasteiger partial charge on any atom is -0.497 e. The van der Waals surface area contributed by atoms with Gasteiger partial charge < -0.3 is 14.8 Å². The highest BCUT2D eigenvalue weighted by Crippen LogP contribution is 2.30. The van der Waals surface area contributed by atoms with Crippen LogP contribution in [0.15, 0.2) is 42.5 Å². The van der Waals surface area contributed by atoms with Gasteiger partial charge in [-0.1, -0.05) is 30.3 Å². The van der Waals surface area contributed by atoms with E-state index in [1.807, 2.05) is 32.0 Å². The molecule has 2 aromatic carbocycles. The number of amides is 3. The maximum Gasteiger partial charge on any atom is 0.325 e. The normalized spacial score (nSPS) is 19.2. The highest BCUT2D eigenvalue weighted by Gasteiger charge is 2.48. The third-order valence-electron chi connectivity index (χ3n) is 4.91. The fourth-order valence-corrected chi connectivity index (χ4v) is 3.29. The number of rotatable bonds is 6. The van der Waals surface area contributed by atoms with Crippen LogP contribution in [0.25, 0.3) is 0 Å². The molecule has 1 atom stereocenters. The molecule has 1 aliphatic heterocycles. The fraction of sp³-hybridized carbons (Fsp3) is 0.333. The molecule has 0 aliphatic carbocycles. The molecule has 0 radical (unpaired) electrons. The molecule has 6 heteroatoms. The van der Waals surface area contributed by atoms with Gasteiger partial charge in [-0.2, -0.15) is 0 Å². The maximum absolute atomic E-state index is 12.9. The van der Waals surface area contributed by atoms with Crippen LogP contribution in [-0.4, -0.2) is 37.1 Å². The Morgan fingerprint density at radius 3 is 2.26 bits per heavy atom. The van der Waals surface area contributed by atoms with E-state index in [9.17, 15) is 9.59 Å². The quantitative estimate of drug-likeness (QED) is 0.796. The number of carbonyl (C=O) groups is 2. The van der Waals surface area contributed by atoms with E-state index in [0.717, 1.165) is 16.9 Å². The molecule has 0 spiro atoms. The molecule has 3 amide bonds. The molecule has 0 aromatic heterocycles. The second-order valence-corrected chi connectivity index (χ2v) is 6.81. The number of methoxy groups -OCH3 is 1. The smallest absolute Gasteiger partial charge is 0.325 e. The number of nitrogens with one attached hydrogen (secondary N) is 1. The summed E-state index contributed by atoms with van der Waals surface area (Å²) in [6, 6.07) is 12.6. The number of hydrogen-bond donors (Lipinski definition) is 1. The number of imide groups is 1. The predicted octanol–water partition coefficient (Wildman–Crippen LogP) is 3.16.